The fourth-order valence-electron chi connectivity index (χ4n) is 4.14. The van der Waals surface area contributed by atoms with Crippen LogP contribution in [-0.2, 0) is 25.6 Å². The van der Waals surface area contributed by atoms with E-state index in [0.29, 0.717) is 48.6 Å². The molecule has 2 aromatic carbocycles. The lowest BCUT2D eigenvalue weighted by Gasteiger charge is -2.32. The van der Waals surface area contributed by atoms with Crippen molar-refractivity contribution in [1.29, 1.82) is 0 Å². The fourth-order valence-corrected chi connectivity index (χ4v) is 5.11. The zero-order chi connectivity index (χ0) is 24.9. The number of esters is 1. The number of amides is 1. The SMILES string of the molecule is C=C(C(=O)N1CCCC(C(=O)OCC)C1)c1ccc(Sc2ccc3c(c2)CCOO3)c([N+](=O)[O-])c1. The smallest absolute Gasteiger partial charge is 0.310 e. The van der Waals surface area contributed by atoms with E-state index in [1.165, 1.54) is 17.8 Å². The molecular weight excluding hydrogens is 472 g/mol. The summed E-state index contributed by atoms with van der Waals surface area (Å²) in [7, 11) is 0. The molecule has 0 aromatic heterocycles. The zero-order valence-corrected chi connectivity index (χ0v) is 20.2. The summed E-state index contributed by atoms with van der Waals surface area (Å²) < 4.78 is 5.10. The fraction of sp³-hybridized carbons (Fsp3) is 0.360. The molecule has 1 fully saturated rings. The van der Waals surface area contributed by atoms with Gasteiger partial charge in [0, 0.05) is 41.6 Å². The van der Waals surface area contributed by atoms with Crippen molar-refractivity contribution in [3.05, 3.63) is 64.2 Å². The Hall–Kier alpha value is -3.37. The van der Waals surface area contributed by atoms with Crippen molar-refractivity contribution >= 4 is 34.9 Å². The number of hydrogen-bond donors (Lipinski definition) is 0. The first-order valence-corrected chi connectivity index (χ1v) is 12.2. The maximum atomic E-state index is 13.1. The third kappa shape index (κ3) is 5.66. The van der Waals surface area contributed by atoms with Crippen molar-refractivity contribution in [2.45, 2.75) is 36.0 Å². The van der Waals surface area contributed by atoms with Gasteiger partial charge in [-0.2, -0.15) is 4.89 Å². The van der Waals surface area contributed by atoms with Crippen LogP contribution in [0.4, 0.5) is 5.69 Å². The van der Waals surface area contributed by atoms with Gasteiger partial charge < -0.3 is 14.5 Å². The first-order chi connectivity index (χ1) is 16.9. The average Bonchev–Trinajstić information content (AvgIpc) is 2.88. The molecule has 35 heavy (non-hydrogen) atoms. The first-order valence-electron chi connectivity index (χ1n) is 11.4. The molecule has 9 nitrogen and oxygen atoms in total. The van der Waals surface area contributed by atoms with Gasteiger partial charge in [0.05, 0.1) is 29.0 Å². The Morgan fingerprint density at radius 1 is 1.29 bits per heavy atom. The Morgan fingerprint density at radius 3 is 2.89 bits per heavy atom. The van der Waals surface area contributed by atoms with E-state index in [9.17, 15) is 19.7 Å². The average molecular weight is 499 g/mol. The molecule has 4 rings (SSSR count). The van der Waals surface area contributed by atoms with Crippen molar-refractivity contribution in [1.82, 2.24) is 4.90 Å². The van der Waals surface area contributed by atoms with E-state index in [1.54, 1.807) is 30.0 Å². The van der Waals surface area contributed by atoms with E-state index in [1.807, 2.05) is 12.1 Å². The highest BCUT2D eigenvalue weighted by Crippen LogP contribution is 2.38. The topological polar surface area (TPSA) is 108 Å². The summed E-state index contributed by atoms with van der Waals surface area (Å²) in [6, 6.07) is 10.2. The second-order valence-electron chi connectivity index (χ2n) is 8.29. The molecule has 1 amide bonds. The molecule has 184 valence electrons. The maximum absolute atomic E-state index is 13.1. The van der Waals surface area contributed by atoms with Gasteiger partial charge in [-0.05, 0) is 49.6 Å². The Balaban J connectivity index is 1.51. The van der Waals surface area contributed by atoms with Crippen LogP contribution in [0.5, 0.6) is 5.75 Å². The third-order valence-electron chi connectivity index (χ3n) is 5.95. The van der Waals surface area contributed by atoms with Crippen LogP contribution in [-0.4, -0.2) is 48.0 Å². The third-order valence-corrected chi connectivity index (χ3v) is 7.01. The molecule has 0 aliphatic carbocycles. The lowest BCUT2D eigenvalue weighted by Crippen LogP contribution is -2.43. The van der Waals surface area contributed by atoms with Gasteiger partial charge in [-0.1, -0.05) is 24.4 Å². The van der Waals surface area contributed by atoms with E-state index < -0.39 is 4.92 Å². The van der Waals surface area contributed by atoms with E-state index in [2.05, 4.69) is 6.58 Å². The maximum Gasteiger partial charge on any atom is 0.310 e. The van der Waals surface area contributed by atoms with Gasteiger partial charge in [0.1, 0.15) is 0 Å². The van der Waals surface area contributed by atoms with Gasteiger partial charge in [-0.25, -0.2) is 0 Å². The number of nitro groups is 1. The van der Waals surface area contributed by atoms with Crippen LogP contribution in [0.15, 0.2) is 52.8 Å². The van der Waals surface area contributed by atoms with Crippen molar-refractivity contribution in [2.24, 2.45) is 5.92 Å². The van der Waals surface area contributed by atoms with Crippen LogP contribution in [0, 0.1) is 16.0 Å². The molecule has 10 heteroatoms. The monoisotopic (exact) mass is 498 g/mol. The lowest BCUT2D eigenvalue weighted by atomic mass is 9.96. The number of carbonyl (C=O) groups excluding carboxylic acids is 2. The molecule has 1 saturated heterocycles. The summed E-state index contributed by atoms with van der Waals surface area (Å²) in [6.45, 7) is 7.14. The number of hydrogen-bond acceptors (Lipinski definition) is 8. The summed E-state index contributed by atoms with van der Waals surface area (Å²) in [6.07, 6.45) is 2.03. The molecule has 2 heterocycles. The number of nitrogens with zero attached hydrogens (tertiary/aromatic N) is 2. The molecular formula is C25H26N2O7S. The largest absolute Gasteiger partial charge is 0.466 e. The normalized spacial score (nSPS) is 17.2. The molecule has 0 bridgehead atoms. The van der Waals surface area contributed by atoms with Crippen LogP contribution >= 0.6 is 11.8 Å². The summed E-state index contributed by atoms with van der Waals surface area (Å²) in [5, 5.41) is 11.8. The van der Waals surface area contributed by atoms with Crippen LogP contribution in [0.1, 0.15) is 30.9 Å². The standard InChI is InChI=1S/C25H26N2O7S/c1-3-32-25(29)19-5-4-11-26(15-19)24(28)16(2)17-6-9-23(21(14-17)27(30)31)35-20-7-8-22-18(13-20)10-12-33-34-22/h6-9,13-14,19H,2-5,10-12,15H2,1H3. The highest BCUT2D eigenvalue weighted by Gasteiger charge is 2.31. The number of piperidine rings is 1. The van der Waals surface area contributed by atoms with Gasteiger partial charge in [-0.15, -0.1) is 0 Å². The summed E-state index contributed by atoms with van der Waals surface area (Å²) in [5.41, 5.74) is 1.39. The highest BCUT2D eigenvalue weighted by molar-refractivity contribution is 7.99. The highest BCUT2D eigenvalue weighted by atomic mass is 32.2. The van der Waals surface area contributed by atoms with Gasteiger partial charge in [0.25, 0.3) is 11.6 Å². The van der Waals surface area contributed by atoms with E-state index >= 15 is 0 Å². The Kier molecular flexibility index (Phi) is 7.72. The predicted octanol–water partition coefficient (Wildman–Crippen LogP) is 4.43. The Labute approximate surface area is 207 Å². The van der Waals surface area contributed by atoms with Gasteiger partial charge in [0.2, 0.25) is 0 Å². The van der Waals surface area contributed by atoms with Gasteiger partial charge in [-0.3, -0.25) is 19.7 Å². The minimum absolute atomic E-state index is 0.109. The van der Waals surface area contributed by atoms with E-state index in [4.69, 9.17) is 14.5 Å². The van der Waals surface area contributed by atoms with Gasteiger partial charge in [0.15, 0.2) is 5.75 Å². The molecule has 0 radical (unpaired) electrons. The number of fused-ring (bicyclic) bond motifs is 1. The number of likely N-dealkylation sites (tertiary alicyclic amines) is 1. The molecule has 2 aliphatic rings. The number of rotatable bonds is 7. The summed E-state index contributed by atoms with van der Waals surface area (Å²) >= 11 is 1.27. The lowest BCUT2D eigenvalue weighted by molar-refractivity contribution is -0.387. The van der Waals surface area contributed by atoms with E-state index in [-0.39, 0.29) is 42.2 Å². The van der Waals surface area contributed by atoms with Crippen molar-refractivity contribution in [3.63, 3.8) is 0 Å². The predicted molar refractivity (Wildman–Crippen MR) is 129 cm³/mol. The van der Waals surface area contributed by atoms with Gasteiger partial charge >= 0.3 is 5.97 Å². The number of carbonyl (C=O) groups is 2. The second-order valence-corrected chi connectivity index (χ2v) is 9.40. The van der Waals surface area contributed by atoms with Crippen LogP contribution in [0.2, 0.25) is 0 Å². The van der Waals surface area contributed by atoms with Crippen LogP contribution in [0.3, 0.4) is 0 Å². The summed E-state index contributed by atoms with van der Waals surface area (Å²) in [5.74, 6) is -0.384. The molecule has 2 aliphatic heterocycles. The second kappa shape index (κ2) is 10.9. The summed E-state index contributed by atoms with van der Waals surface area (Å²) in [4.78, 5) is 49.6. The van der Waals surface area contributed by atoms with Crippen LogP contribution < -0.4 is 4.89 Å². The van der Waals surface area contributed by atoms with Crippen molar-refractivity contribution in [3.8, 4) is 5.75 Å². The number of ether oxygens (including phenoxy) is 1. The van der Waals surface area contributed by atoms with Crippen molar-refractivity contribution in [2.75, 3.05) is 26.3 Å². The first kappa shape index (κ1) is 24.7. The molecule has 0 N–H and O–H groups in total. The molecule has 0 saturated carbocycles. The van der Waals surface area contributed by atoms with Crippen LogP contribution in [0.25, 0.3) is 5.57 Å². The number of benzene rings is 2. The minimum Gasteiger partial charge on any atom is -0.466 e. The van der Waals surface area contributed by atoms with E-state index in [0.717, 1.165) is 10.5 Å². The Bertz CT molecular complexity index is 1170. The Morgan fingerprint density at radius 2 is 2.11 bits per heavy atom. The molecule has 0 spiro atoms. The molecule has 1 atom stereocenters. The van der Waals surface area contributed by atoms with Crippen molar-refractivity contribution < 1.29 is 29.0 Å². The minimum atomic E-state index is -0.462. The molecule has 2 aromatic rings. The molecule has 1 unspecified atom stereocenters. The number of nitro benzene ring substituents is 1. The zero-order valence-electron chi connectivity index (χ0n) is 19.4. The quantitative estimate of drug-likeness (QED) is 0.181.